The molecule has 3 atom stereocenters. The second kappa shape index (κ2) is 8.90. The molecule has 178 valence electrons. The van der Waals surface area contributed by atoms with Gasteiger partial charge in [0.05, 0.1) is 17.5 Å². The van der Waals surface area contributed by atoms with E-state index >= 15 is 0 Å². The van der Waals surface area contributed by atoms with Crippen LogP contribution in [0.1, 0.15) is 25.7 Å². The van der Waals surface area contributed by atoms with Gasteiger partial charge in [-0.25, -0.2) is 31.7 Å². The number of hydrogen-bond acceptors (Lipinski definition) is 9. The Kier molecular flexibility index (Phi) is 6.47. The van der Waals surface area contributed by atoms with E-state index < -0.39 is 35.9 Å². The van der Waals surface area contributed by atoms with Crippen molar-refractivity contribution in [3.63, 3.8) is 0 Å². The number of nitrogens with one attached hydrogen (secondary N) is 1. The summed E-state index contributed by atoms with van der Waals surface area (Å²) in [5.41, 5.74) is 0.392. The van der Waals surface area contributed by atoms with Gasteiger partial charge in [-0.15, -0.1) is 0 Å². The molecule has 3 aromatic rings. The molecule has 1 fully saturated rings. The molecule has 33 heavy (non-hydrogen) atoms. The maximum atomic E-state index is 14.5. The van der Waals surface area contributed by atoms with Crippen molar-refractivity contribution < 1.29 is 31.9 Å². The molecule has 0 aromatic carbocycles. The minimum absolute atomic E-state index is 0.0260. The molecule has 0 aliphatic heterocycles. The fourth-order valence-electron chi connectivity index (χ4n) is 3.87. The summed E-state index contributed by atoms with van der Waals surface area (Å²) in [6.07, 6.45) is 5.64. The molecule has 1 aliphatic rings. The second-order valence-electron chi connectivity index (χ2n) is 7.77. The Labute approximate surface area is 193 Å². The average molecular weight is 520 g/mol. The lowest BCUT2D eigenvalue weighted by atomic mass is 9.90. The minimum atomic E-state index is -3.71. The highest BCUT2D eigenvalue weighted by Crippen LogP contribution is 2.37. The molecular formula is C18H20ClFN5O6PS. The van der Waals surface area contributed by atoms with E-state index in [1.165, 1.54) is 18.5 Å². The van der Waals surface area contributed by atoms with E-state index in [4.69, 9.17) is 21.0 Å². The third-order valence-electron chi connectivity index (χ3n) is 5.22. The Bertz CT molecular complexity index is 1360. The van der Waals surface area contributed by atoms with Gasteiger partial charge in [-0.3, -0.25) is 9.09 Å². The van der Waals surface area contributed by atoms with Crippen molar-refractivity contribution in [2.24, 2.45) is 0 Å². The topological polar surface area (TPSA) is 157 Å². The molecule has 1 saturated carbocycles. The third kappa shape index (κ3) is 5.18. The monoisotopic (exact) mass is 519 g/mol. The van der Waals surface area contributed by atoms with Crippen LogP contribution in [0.2, 0.25) is 5.02 Å². The lowest BCUT2D eigenvalue weighted by Gasteiger charge is -2.35. The van der Waals surface area contributed by atoms with Gasteiger partial charge in [0, 0.05) is 42.2 Å². The van der Waals surface area contributed by atoms with Crippen molar-refractivity contribution in [3.05, 3.63) is 35.5 Å². The third-order valence-corrected chi connectivity index (χ3v) is 6.98. The van der Waals surface area contributed by atoms with E-state index in [0.29, 0.717) is 18.2 Å². The van der Waals surface area contributed by atoms with E-state index in [-0.39, 0.29) is 40.7 Å². The molecular weight excluding hydrogens is 500 g/mol. The van der Waals surface area contributed by atoms with E-state index in [0.717, 1.165) is 16.4 Å². The highest BCUT2D eigenvalue weighted by molar-refractivity contribution is 7.89. The normalized spacial score (nSPS) is 22.4. The Hall–Kier alpha value is -2.15. The van der Waals surface area contributed by atoms with Crippen molar-refractivity contribution in [1.82, 2.24) is 18.9 Å². The molecule has 3 N–H and O–H groups in total. The van der Waals surface area contributed by atoms with E-state index in [9.17, 15) is 22.5 Å². The smallest absolute Gasteiger partial charge is 0.319 e. The van der Waals surface area contributed by atoms with Gasteiger partial charge in [0.2, 0.25) is 10.0 Å². The van der Waals surface area contributed by atoms with Crippen LogP contribution >= 0.6 is 19.9 Å². The van der Waals surface area contributed by atoms with Crippen LogP contribution in [0.5, 0.6) is 0 Å². The predicted molar refractivity (Wildman–Crippen MR) is 119 cm³/mol. The first kappa shape index (κ1) is 24.0. The zero-order valence-corrected chi connectivity index (χ0v) is 19.8. The van der Waals surface area contributed by atoms with Gasteiger partial charge in [-0.2, -0.15) is 0 Å². The SMILES string of the molecule is CS(=O)(=O)n1cc(-c2ncc(F)c(N[C@H]3CCC[C@@](O)(O[PH](=O)O)C3)n2)c2cc(Cl)cnc21. The molecule has 0 bridgehead atoms. The fraction of sp³-hybridized carbons (Fsp3) is 0.389. The second-order valence-corrected chi connectivity index (χ2v) is 10.8. The van der Waals surface area contributed by atoms with E-state index in [2.05, 4.69) is 20.3 Å². The maximum absolute atomic E-state index is 14.5. The van der Waals surface area contributed by atoms with Gasteiger partial charge in [0.1, 0.15) is 0 Å². The lowest BCUT2D eigenvalue weighted by molar-refractivity contribution is -0.161. The van der Waals surface area contributed by atoms with E-state index in [1.807, 2.05) is 0 Å². The number of rotatable bonds is 6. The quantitative estimate of drug-likeness (QED) is 0.326. The maximum Gasteiger partial charge on any atom is 0.319 e. The van der Waals surface area contributed by atoms with Gasteiger partial charge in [0.15, 0.2) is 28.9 Å². The van der Waals surface area contributed by atoms with Crippen molar-refractivity contribution >= 4 is 46.7 Å². The van der Waals surface area contributed by atoms with Crippen LogP contribution in [-0.4, -0.2) is 55.4 Å². The molecule has 3 aromatic heterocycles. The van der Waals surface area contributed by atoms with Gasteiger partial charge in [-0.1, -0.05) is 11.6 Å². The van der Waals surface area contributed by atoms with Gasteiger partial charge in [-0.05, 0) is 18.9 Å². The highest BCUT2D eigenvalue weighted by atomic mass is 35.5. The summed E-state index contributed by atoms with van der Waals surface area (Å²) >= 11 is 6.04. The minimum Gasteiger partial charge on any atom is -0.365 e. The molecule has 15 heteroatoms. The predicted octanol–water partition coefficient (Wildman–Crippen LogP) is 2.54. The Morgan fingerprint density at radius 2 is 2.15 bits per heavy atom. The summed E-state index contributed by atoms with van der Waals surface area (Å²) in [7, 11) is -7.08. The average Bonchev–Trinajstić information content (AvgIpc) is 3.08. The molecule has 0 saturated heterocycles. The first-order chi connectivity index (χ1) is 15.4. The van der Waals surface area contributed by atoms with Crippen LogP contribution in [0.4, 0.5) is 10.2 Å². The number of hydrogen-bond donors (Lipinski definition) is 3. The van der Waals surface area contributed by atoms with Crippen molar-refractivity contribution in [2.45, 2.75) is 37.5 Å². The molecule has 3 heterocycles. The van der Waals surface area contributed by atoms with Crippen molar-refractivity contribution in [1.29, 1.82) is 0 Å². The first-order valence-corrected chi connectivity index (χ1v) is 13.2. The fourth-order valence-corrected chi connectivity index (χ4v) is 5.29. The van der Waals surface area contributed by atoms with E-state index in [1.54, 1.807) is 0 Å². The summed E-state index contributed by atoms with van der Waals surface area (Å²) in [4.78, 5) is 21.3. The molecule has 11 nitrogen and oxygen atoms in total. The first-order valence-electron chi connectivity index (χ1n) is 9.76. The number of nitrogens with zero attached hydrogens (tertiary/aromatic N) is 4. The molecule has 0 amide bonds. The Morgan fingerprint density at radius 1 is 1.39 bits per heavy atom. The number of aromatic nitrogens is 4. The lowest BCUT2D eigenvalue weighted by Crippen LogP contribution is -2.41. The molecule has 0 spiro atoms. The summed E-state index contributed by atoms with van der Waals surface area (Å²) in [6, 6.07) is 1.01. The number of pyridine rings is 1. The van der Waals surface area contributed by atoms with Gasteiger partial charge < -0.3 is 15.3 Å². The molecule has 0 radical (unpaired) electrons. The number of anilines is 1. The summed E-state index contributed by atoms with van der Waals surface area (Å²) < 4.78 is 55.7. The molecule has 1 aliphatic carbocycles. The number of aliphatic hydroxyl groups is 1. The van der Waals surface area contributed by atoms with Crippen LogP contribution in [0.3, 0.4) is 0 Å². The van der Waals surface area contributed by atoms with Crippen LogP contribution in [0.25, 0.3) is 22.4 Å². The zero-order chi connectivity index (χ0) is 24.0. The van der Waals surface area contributed by atoms with Crippen LogP contribution in [-0.2, 0) is 19.1 Å². The summed E-state index contributed by atoms with van der Waals surface area (Å²) in [6.45, 7) is 0. The largest absolute Gasteiger partial charge is 0.365 e. The molecule has 1 unspecified atom stereocenters. The highest BCUT2D eigenvalue weighted by Gasteiger charge is 2.37. The Morgan fingerprint density at radius 3 is 2.85 bits per heavy atom. The summed E-state index contributed by atoms with van der Waals surface area (Å²) in [5, 5.41) is 13.9. The van der Waals surface area contributed by atoms with Crippen LogP contribution in [0, 0.1) is 5.82 Å². The van der Waals surface area contributed by atoms with Crippen molar-refractivity contribution in [2.75, 3.05) is 11.6 Å². The number of halogens is 2. The standard InChI is InChI=1S/C18H20ClFN5O6PS/c1-33(29,30)25-9-13(12-5-10(19)7-22-17(12)25)15-21-8-14(20)16(24-15)23-11-3-2-4-18(26,6-11)31-32(27)28/h5,7-9,11,26,32H,2-4,6H2,1H3,(H,27,28)(H,21,23,24)/t11-,18+/m0/s1. The number of fused-ring (bicyclic) bond motifs is 1. The Balaban J connectivity index is 1.71. The van der Waals surface area contributed by atoms with Crippen molar-refractivity contribution in [3.8, 4) is 11.4 Å². The molecule has 4 rings (SSSR count). The van der Waals surface area contributed by atoms with Gasteiger partial charge >= 0.3 is 8.25 Å². The van der Waals surface area contributed by atoms with Gasteiger partial charge in [0.25, 0.3) is 0 Å². The van der Waals surface area contributed by atoms with Crippen LogP contribution in [0.15, 0.2) is 24.7 Å². The summed E-state index contributed by atoms with van der Waals surface area (Å²) in [5.74, 6) is -2.73. The van der Waals surface area contributed by atoms with Crippen LogP contribution < -0.4 is 5.32 Å². The zero-order valence-electron chi connectivity index (χ0n) is 17.2.